The van der Waals surface area contributed by atoms with E-state index in [0.717, 1.165) is 0 Å². The van der Waals surface area contributed by atoms with Crippen molar-refractivity contribution in [1.29, 1.82) is 0 Å². The molecule has 1 aromatic carbocycles. The van der Waals surface area contributed by atoms with E-state index in [1.165, 1.54) is 24.3 Å². The molecule has 0 spiro atoms. The zero-order chi connectivity index (χ0) is 15.8. The van der Waals surface area contributed by atoms with Crippen molar-refractivity contribution in [2.24, 2.45) is 0 Å². The molecule has 2 nitrogen and oxygen atoms in total. The molecule has 1 aromatic rings. The Bertz CT molecular complexity index is 443. The number of carbonyl (C=O) groups excluding carboxylic acids is 1. The van der Waals surface area contributed by atoms with E-state index in [1.54, 1.807) is 25.7 Å². The minimum Gasteiger partial charge on any atom is -0.388 e. The van der Waals surface area contributed by atoms with Gasteiger partial charge in [-0.1, -0.05) is 12.1 Å². The molecule has 1 N–H and O–H groups in total. The number of rotatable bonds is 4. The van der Waals surface area contributed by atoms with Gasteiger partial charge in [-0.25, -0.2) is 4.39 Å². The zero-order valence-corrected chi connectivity index (χ0v) is 13.5. The minimum absolute atomic E-state index is 0. The van der Waals surface area contributed by atoms with Crippen LogP contribution in [0.3, 0.4) is 0 Å². The van der Waals surface area contributed by atoms with E-state index in [2.05, 4.69) is 0 Å². The molecule has 10 radical (unpaired) electrons. The van der Waals surface area contributed by atoms with Crippen molar-refractivity contribution in [3.05, 3.63) is 99.4 Å². The van der Waals surface area contributed by atoms with Crippen molar-refractivity contribution in [3.63, 3.8) is 0 Å². The predicted octanol–water partition coefficient (Wildman–Crippen LogP) is 3.24. The van der Waals surface area contributed by atoms with Gasteiger partial charge in [0.15, 0.2) is 0 Å². The van der Waals surface area contributed by atoms with Crippen molar-refractivity contribution in [1.82, 2.24) is 0 Å². The number of Topliss-reactive ketones (excluding diaryl/α,β-unsaturated/α-hetero) is 1. The second kappa shape index (κ2) is 11.0. The number of aliphatic hydroxyl groups is 1. The maximum Gasteiger partial charge on any atom is 2.00 e. The van der Waals surface area contributed by atoms with Gasteiger partial charge in [0.25, 0.3) is 0 Å². The van der Waals surface area contributed by atoms with Gasteiger partial charge >= 0.3 is 17.1 Å². The minimum atomic E-state index is -0.891. The molecule has 0 aromatic heterocycles. The third kappa shape index (κ3) is 7.15. The van der Waals surface area contributed by atoms with Crippen LogP contribution in [0, 0.1) is 69.5 Å². The molecule has 0 heterocycles. The third-order valence-electron chi connectivity index (χ3n) is 3.17. The van der Waals surface area contributed by atoms with E-state index in [4.69, 9.17) is 0 Å². The Kier molecular flexibility index (Phi) is 9.69. The standard InChI is InChI=1S/C14H12FO2.C5H5.Fe/c15-12-7-5-11(6-8-12)14(17)9-13(16)10-3-1-2-4-10;1-2-4-5-3-1;/h1-8,14,17H,9H2;1-5H;/q;;+2. The first-order valence-electron chi connectivity index (χ1n) is 7.02. The largest absolute Gasteiger partial charge is 2.00 e. The first kappa shape index (κ1) is 20.3. The molecule has 2 saturated carbocycles. The second-order valence-electron chi connectivity index (χ2n) is 4.83. The summed E-state index contributed by atoms with van der Waals surface area (Å²) >= 11 is 0. The van der Waals surface area contributed by atoms with Gasteiger partial charge in [0.05, 0.1) is 6.10 Å². The van der Waals surface area contributed by atoms with E-state index >= 15 is 0 Å². The van der Waals surface area contributed by atoms with E-state index in [9.17, 15) is 14.3 Å². The zero-order valence-electron chi connectivity index (χ0n) is 12.4. The molecule has 4 heteroatoms. The van der Waals surface area contributed by atoms with Crippen molar-refractivity contribution < 1.29 is 31.4 Å². The molecular weight excluding hydrogens is 335 g/mol. The Morgan fingerprint density at radius 1 is 0.913 bits per heavy atom. The third-order valence-corrected chi connectivity index (χ3v) is 3.17. The SMILES string of the molecule is O=C(CC(O)c1ccc(F)cc1)[C]1[CH][CH][CH][CH]1.[CH]1[CH][CH][CH][CH]1.[Fe+2]. The number of benzene rings is 1. The van der Waals surface area contributed by atoms with Gasteiger partial charge in [-0.15, -0.1) is 0 Å². The summed E-state index contributed by atoms with van der Waals surface area (Å²) in [5, 5.41) is 9.84. The summed E-state index contributed by atoms with van der Waals surface area (Å²) in [5.41, 5.74) is 0.548. The number of hydrogen-bond acceptors (Lipinski definition) is 2. The molecule has 2 aliphatic rings. The van der Waals surface area contributed by atoms with Crippen molar-refractivity contribution in [2.75, 3.05) is 0 Å². The van der Waals surface area contributed by atoms with Crippen LogP contribution in [0.1, 0.15) is 18.1 Å². The summed E-state index contributed by atoms with van der Waals surface area (Å²) in [5.74, 6) is 0.112. The van der Waals surface area contributed by atoms with Gasteiger partial charge in [0.1, 0.15) is 11.6 Å². The maximum atomic E-state index is 12.7. The molecular formula is C19H17FFeO2+2. The number of carbonyl (C=O) groups is 1. The van der Waals surface area contributed by atoms with Gasteiger partial charge in [0.2, 0.25) is 0 Å². The Morgan fingerprint density at radius 2 is 1.39 bits per heavy atom. The molecule has 3 rings (SSSR count). The number of halogens is 1. The van der Waals surface area contributed by atoms with Crippen LogP contribution in [-0.2, 0) is 21.9 Å². The van der Waals surface area contributed by atoms with Crippen LogP contribution in [0.4, 0.5) is 4.39 Å². The van der Waals surface area contributed by atoms with Crippen LogP contribution in [0.15, 0.2) is 24.3 Å². The van der Waals surface area contributed by atoms with Crippen LogP contribution in [0.25, 0.3) is 0 Å². The smallest absolute Gasteiger partial charge is 0.388 e. The van der Waals surface area contributed by atoms with Gasteiger partial charge in [-0.3, -0.25) is 4.79 Å². The Morgan fingerprint density at radius 3 is 1.87 bits per heavy atom. The average molecular weight is 352 g/mol. The molecule has 0 aliphatic heterocycles. The van der Waals surface area contributed by atoms with E-state index in [-0.39, 0.29) is 35.1 Å². The van der Waals surface area contributed by atoms with E-state index < -0.39 is 6.10 Å². The quantitative estimate of drug-likeness (QED) is 0.845. The summed E-state index contributed by atoms with van der Waals surface area (Å²) in [6, 6.07) is 5.51. The summed E-state index contributed by atoms with van der Waals surface area (Å²) in [4.78, 5) is 11.7. The van der Waals surface area contributed by atoms with Gasteiger partial charge in [-0.05, 0) is 75.5 Å². The molecule has 1 atom stereocenters. The molecule has 2 fully saturated rings. The second-order valence-corrected chi connectivity index (χ2v) is 4.83. The molecule has 0 amide bonds. The first-order valence-corrected chi connectivity index (χ1v) is 7.02. The summed E-state index contributed by atoms with van der Waals surface area (Å²) < 4.78 is 12.7. The van der Waals surface area contributed by atoms with Crippen LogP contribution in [-0.4, -0.2) is 10.9 Å². The number of hydrogen-bond donors (Lipinski definition) is 1. The Labute approximate surface area is 149 Å². The summed E-state index contributed by atoms with van der Waals surface area (Å²) in [6.45, 7) is 0. The van der Waals surface area contributed by atoms with Crippen LogP contribution >= 0.6 is 0 Å². The van der Waals surface area contributed by atoms with Crippen LogP contribution < -0.4 is 0 Å². The van der Waals surface area contributed by atoms with Crippen molar-refractivity contribution >= 4 is 5.78 Å². The fraction of sp³-hybridized carbons (Fsp3) is 0.105. The van der Waals surface area contributed by atoms with Gasteiger partial charge < -0.3 is 5.11 Å². The Balaban J connectivity index is 0.000000377. The molecule has 23 heavy (non-hydrogen) atoms. The van der Waals surface area contributed by atoms with E-state index in [1.807, 2.05) is 32.1 Å². The first-order chi connectivity index (χ1) is 10.7. The van der Waals surface area contributed by atoms with Crippen LogP contribution in [0.5, 0.6) is 0 Å². The average Bonchev–Trinajstić information content (AvgIpc) is 3.24. The normalized spacial score (nSPS) is 18.7. The topological polar surface area (TPSA) is 37.3 Å². The van der Waals surface area contributed by atoms with E-state index in [0.29, 0.717) is 11.5 Å². The molecule has 2 aliphatic carbocycles. The monoisotopic (exact) mass is 352 g/mol. The van der Waals surface area contributed by atoms with Crippen molar-refractivity contribution in [2.45, 2.75) is 12.5 Å². The summed E-state index contributed by atoms with van der Waals surface area (Å²) in [7, 11) is 0. The van der Waals surface area contributed by atoms with Gasteiger partial charge in [0, 0.05) is 12.3 Å². The fourth-order valence-electron chi connectivity index (χ4n) is 1.98. The molecule has 1 unspecified atom stereocenters. The number of ketones is 1. The molecule has 0 bridgehead atoms. The number of aliphatic hydroxyl groups excluding tert-OH is 1. The molecule has 118 valence electrons. The predicted molar refractivity (Wildman–Crippen MR) is 82.9 cm³/mol. The fourth-order valence-corrected chi connectivity index (χ4v) is 1.98. The Hall–Kier alpha value is -0.701. The van der Waals surface area contributed by atoms with Crippen LogP contribution in [0.2, 0.25) is 0 Å². The van der Waals surface area contributed by atoms with Gasteiger partial charge in [-0.2, -0.15) is 0 Å². The molecule has 0 saturated heterocycles. The summed E-state index contributed by atoms with van der Waals surface area (Å²) in [6.07, 6.45) is 16.1. The van der Waals surface area contributed by atoms with Crippen molar-refractivity contribution in [3.8, 4) is 0 Å². The maximum absolute atomic E-state index is 12.7.